The summed E-state index contributed by atoms with van der Waals surface area (Å²) in [5, 5.41) is 4.94. The molecule has 2 aliphatic rings. The molecular weight excluding hydrogens is 360 g/mol. The van der Waals surface area contributed by atoms with Crippen molar-refractivity contribution in [3.63, 3.8) is 0 Å². The van der Waals surface area contributed by atoms with Crippen LogP contribution in [-0.2, 0) is 22.4 Å². The molecular formula is C21H34N2O5. The molecule has 3 rings (SSSR count). The zero-order chi connectivity index (χ0) is 20.1. The molecule has 1 aromatic rings. The minimum atomic E-state index is 0.387. The number of methoxy groups -OCH3 is 5. The first-order valence-electron chi connectivity index (χ1n) is 9.96. The fourth-order valence-electron chi connectivity index (χ4n) is 4.64. The van der Waals surface area contributed by atoms with E-state index in [4.69, 9.17) is 23.7 Å². The fourth-order valence-corrected chi connectivity index (χ4v) is 4.64. The lowest BCUT2D eigenvalue weighted by Crippen LogP contribution is -2.48. The Morgan fingerprint density at radius 1 is 0.964 bits per heavy atom. The van der Waals surface area contributed by atoms with Crippen LogP contribution in [0.4, 0.5) is 0 Å². The molecule has 0 aliphatic carbocycles. The predicted molar refractivity (Wildman–Crippen MR) is 107 cm³/mol. The molecule has 2 heterocycles. The van der Waals surface area contributed by atoms with Gasteiger partial charge in [-0.1, -0.05) is 0 Å². The first-order chi connectivity index (χ1) is 13.7. The monoisotopic (exact) mass is 394 g/mol. The van der Waals surface area contributed by atoms with E-state index in [1.165, 1.54) is 17.5 Å². The van der Waals surface area contributed by atoms with Gasteiger partial charge in [0.05, 0.1) is 34.5 Å². The van der Waals surface area contributed by atoms with Gasteiger partial charge in [-0.25, -0.2) is 10.0 Å². The average Bonchev–Trinajstić information content (AvgIpc) is 3.08. The van der Waals surface area contributed by atoms with Crippen molar-refractivity contribution in [3.8, 4) is 17.2 Å². The van der Waals surface area contributed by atoms with E-state index in [2.05, 4.69) is 16.1 Å². The zero-order valence-corrected chi connectivity index (χ0v) is 17.8. The summed E-state index contributed by atoms with van der Waals surface area (Å²) in [6, 6.07) is 2.51. The van der Waals surface area contributed by atoms with Gasteiger partial charge >= 0.3 is 0 Å². The molecule has 1 aromatic carbocycles. The molecule has 2 aliphatic heterocycles. The number of ether oxygens (including phenoxy) is 5. The highest BCUT2D eigenvalue weighted by Crippen LogP contribution is 2.44. The highest BCUT2D eigenvalue weighted by Gasteiger charge is 2.35. The number of hydrazine groups is 1. The van der Waals surface area contributed by atoms with Crippen LogP contribution < -0.4 is 14.2 Å². The van der Waals surface area contributed by atoms with Gasteiger partial charge in [0.1, 0.15) is 0 Å². The van der Waals surface area contributed by atoms with E-state index in [9.17, 15) is 0 Å². The number of rotatable bonds is 8. The van der Waals surface area contributed by atoms with E-state index in [1.807, 2.05) is 0 Å². The van der Waals surface area contributed by atoms with E-state index < -0.39 is 0 Å². The van der Waals surface area contributed by atoms with Gasteiger partial charge in [0, 0.05) is 51.4 Å². The minimum absolute atomic E-state index is 0.387. The molecule has 0 saturated carbocycles. The van der Waals surface area contributed by atoms with Crippen LogP contribution in [-0.4, -0.2) is 77.9 Å². The van der Waals surface area contributed by atoms with Crippen LogP contribution in [0.2, 0.25) is 0 Å². The number of nitrogens with zero attached hydrogens (tertiary/aromatic N) is 2. The van der Waals surface area contributed by atoms with Gasteiger partial charge in [-0.05, 0) is 30.9 Å². The van der Waals surface area contributed by atoms with E-state index >= 15 is 0 Å². The summed E-state index contributed by atoms with van der Waals surface area (Å²) in [5.74, 6) is 2.52. The van der Waals surface area contributed by atoms with Crippen molar-refractivity contribution >= 4 is 0 Å². The summed E-state index contributed by atoms with van der Waals surface area (Å²) in [5.41, 5.74) is 2.41. The van der Waals surface area contributed by atoms with Crippen LogP contribution in [0.5, 0.6) is 17.2 Å². The molecule has 0 unspecified atom stereocenters. The topological polar surface area (TPSA) is 52.6 Å². The van der Waals surface area contributed by atoms with Crippen molar-refractivity contribution in [2.45, 2.75) is 31.8 Å². The lowest BCUT2D eigenvalue weighted by atomic mass is 9.96. The largest absolute Gasteiger partial charge is 0.493 e. The van der Waals surface area contributed by atoms with Gasteiger partial charge < -0.3 is 23.7 Å². The molecule has 1 saturated heterocycles. The molecule has 0 bridgehead atoms. The van der Waals surface area contributed by atoms with Crippen LogP contribution >= 0.6 is 0 Å². The SMILES string of the molecule is COC[C@@H]1Cc2cc(OC)c(OC)c(OC)c2CN(N2CCC[C@H]2COC)C1. The van der Waals surface area contributed by atoms with Gasteiger partial charge in [0.15, 0.2) is 11.5 Å². The Labute approximate surface area is 168 Å². The van der Waals surface area contributed by atoms with Crippen molar-refractivity contribution in [1.82, 2.24) is 10.0 Å². The lowest BCUT2D eigenvalue weighted by Gasteiger charge is -2.37. The molecule has 0 aromatic heterocycles. The molecule has 0 N–H and O–H groups in total. The number of benzene rings is 1. The van der Waals surface area contributed by atoms with Gasteiger partial charge in [-0.15, -0.1) is 0 Å². The van der Waals surface area contributed by atoms with Crippen LogP contribution in [0, 0.1) is 5.92 Å². The first kappa shape index (κ1) is 21.2. The van der Waals surface area contributed by atoms with Crippen LogP contribution in [0.25, 0.3) is 0 Å². The van der Waals surface area contributed by atoms with Crippen molar-refractivity contribution in [2.75, 3.05) is 61.9 Å². The second-order valence-electron chi connectivity index (χ2n) is 7.57. The predicted octanol–water partition coefficient (Wildman–Crippen LogP) is 2.36. The Kier molecular flexibility index (Phi) is 7.40. The molecule has 1 fully saturated rings. The van der Waals surface area contributed by atoms with Crippen LogP contribution in [0.15, 0.2) is 6.07 Å². The highest BCUT2D eigenvalue weighted by atomic mass is 16.5. The van der Waals surface area contributed by atoms with Gasteiger partial charge in [-0.2, -0.15) is 0 Å². The average molecular weight is 395 g/mol. The standard InChI is InChI=1S/C21H34N2O5/c1-24-13-15-9-16-10-19(26-3)21(28-5)20(27-4)18(16)12-22(11-15)23-8-6-7-17(23)14-25-2/h10,15,17H,6-9,11-14H2,1-5H3/t15-,17+/m1/s1. The fraction of sp³-hybridized carbons (Fsp3) is 0.714. The van der Waals surface area contributed by atoms with E-state index in [-0.39, 0.29) is 0 Å². The van der Waals surface area contributed by atoms with Crippen molar-refractivity contribution in [2.24, 2.45) is 5.92 Å². The normalized spacial score (nSPS) is 23.3. The lowest BCUT2D eigenvalue weighted by molar-refractivity contribution is -0.0743. The second-order valence-corrected chi connectivity index (χ2v) is 7.57. The Hall–Kier alpha value is -1.54. The van der Waals surface area contributed by atoms with Crippen molar-refractivity contribution in [3.05, 3.63) is 17.2 Å². The summed E-state index contributed by atoms with van der Waals surface area (Å²) in [4.78, 5) is 0. The molecule has 7 nitrogen and oxygen atoms in total. The molecule has 158 valence electrons. The Morgan fingerprint density at radius 2 is 1.71 bits per heavy atom. The van der Waals surface area contributed by atoms with Gasteiger partial charge in [0.2, 0.25) is 5.75 Å². The van der Waals surface area contributed by atoms with E-state index in [1.54, 1.807) is 35.5 Å². The summed E-state index contributed by atoms with van der Waals surface area (Å²) in [6.07, 6.45) is 3.27. The highest BCUT2D eigenvalue weighted by molar-refractivity contribution is 5.59. The molecule has 7 heteroatoms. The van der Waals surface area contributed by atoms with E-state index in [0.717, 1.165) is 51.4 Å². The molecule has 0 amide bonds. The van der Waals surface area contributed by atoms with Gasteiger partial charge in [0.25, 0.3) is 0 Å². The summed E-state index contributed by atoms with van der Waals surface area (Å²) in [7, 11) is 8.57. The Bertz CT molecular complexity index is 654. The summed E-state index contributed by atoms with van der Waals surface area (Å²) < 4.78 is 28.0. The molecule has 0 spiro atoms. The van der Waals surface area contributed by atoms with Crippen LogP contribution in [0.1, 0.15) is 24.0 Å². The molecule has 2 atom stereocenters. The maximum Gasteiger partial charge on any atom is 0.203 e. The van der Waals surface area contributed by atoms with E-state index in [0.29, 0.717) is 23.5 Å². The summed E-state index contributed by atoms with van der Waals surface area (Å²) >= 11 is 0. The maximum atomic E-state index is 5.81. The number of hydrogen-bond donors (Lipinski definition) is 0. The first-order valence-corrected chi connectivity index (χ1v) is 9.96. The smallest absolute Gasteiger partial charge is 0.203 e. The summed E-state index contributed by atoms with van der Waals surface area (Å²) in [6.45, 7) is 4.24. The van der Waals surface area contributed by atoms with Crippen molar-refractivity contribution in [1.29, 1.82) is 0 Å². The third-order valence-electron chi connectivity index (χ3n) is 5.81. The maximum absolute atomic E-state index is 5.81. The molecule has 28 heavy (non-hydrogen) atoms. The van der Waals surface area contributed by atoms with Gasteiger partial charge in [-0.3, -0.25) is 0 Å². The third-order valence-corrected chi connectivity index (χ3v) is 5.81. The Balaban J connectivity index is 2.01. The zero-order valence-electron chi connectivity index (χ0n) is 17.8. The number of hydrogen-bond acceptors (Lipinski definition) is 7. The van der Waals surface area contributed by atoms with Crippen LogP contribution in [0.3, 0.4) is 0 Å². The minimum Gasteiger partial charge on any atom is -0.493 e. The molecule has 0 radical (unpaired) electrons. The number of fused-ring (bicyclic) bond motifs is 1. The van der Waals surface area contributed by atoms with Crippen molar-refractivity contribution < 1.29 is 23.7 Å². The quantitative estimate of drug-likeness (QED) is 0.671. The third kappa shape index (κ3) is 4.22. The Morgan fingerprint density at radius 3 is 2.36 bits per heavy atom. The second kappa shape index (κ2) is 9.78.